The van der Waals surface area contributed by atoms with Gasteiger partial charge in [0, 0.05) is 48.1 Å². The van der Waals surface area contributed by atoms with Gasteiger partial charge in [-0.25, -0.2) is 9.97 Å². The van der Waals surface area contributed by atoms with Gasteiger partial charge < -0.3 is 10.1 Å². The van der Waals surface area contributed by atoms with Crippen molar-refractivity contribution in [2.75, 3.05) is 5.32 Å². The minimum absolute atomic E-state index is 0.257. The predicted molar refractivity (Wildman–Crippen MR) is 125 cm³/mol. The third-order valence-corrected chi connectivity index (χ3v) is 4.92. The van der Waals surface area contributed by atoms with E-state index in [1.54, 1.807) is 31.0 Å². The van der Waals surface area contributed by atoms with Crippen LogP contribution < -0.4 is 10.1 Å². The van der Waals surface area contributed by atoms with Crippen LogP contribution in [0.15, 0.2) is 79.6 Å². The molecule has 0 aliphatic carbocycles. The van der Waals surface area contributed by atoms with E-state index in [1.807, 2.05) is 47.3 Å². The number of rotatable bonds is 7. The quantitative estimate of drug-likeness (QED) is 0.388. The fourth-order valence-electron chi connectivity index (χ4n) is 3.37. The zero-order valence-electron chi connectivity index (χ0n) is 17.6. The summed E-state index contributed by atoms with van der Waals surface area (Å²) in [7, 11) is 0. The Kier molecular flexibility index (Phi) is 5.59. The standard InChI is InChI=1S/C25H19N7O/c1-2-19-12-20-14-28-25(30-21-6-3-5-18(11-21)16-32-10-4-7-29-32)31-23(20)13-24(19)33-17-22-15-26-8-9-27-22/h1,3-15H,16-17H2,(H,28,30,31). The summed E-state index contributed by atoms with van der Waals surface area (Å²) in [5, 5.41) is 8.35. The number of terminal acetylenes is 1. The summed E-state index contributed by atoms with van der Waals surface area (Å²) >= 11 is 0. The monoisotopic (exact) mass is 433 g/mol. The van der Waals surface area contributed by atoms with Gasteiger partial charge >= 0.3 is 0 Å². The van der Waals surface area contributed by atoms with Crippen molar-refractivity contribution in [3.05, 3.63) is 96.5 Å². The van der Waals surface area contributed by atoms with Crippen LogP contribution in [-0.4, -0.2) is 29.7 Å². The Hall–Kier alpha value is -4.77. The van der Waals surface area contributed by atoms with Crippen molar-refractivity contribution in [3.63, 3.8) is 0 Å². The lowest BCUT2D eigenvalue weighted by Gasteiger charge is -2.11. The number of fused-ring (bicyclic) bond motifs is 1. The lowest BCUT2D eigenvalue weighted by Crippen LogP contribution is -2.02. The van der Waals surface area contributed by atoms with Gasteiger partial charge in [0.15, 0.2) is 0 Å². The summed E-state index contributed by atoms with van der Waals surface area (Å²) in [4.78, 5) is 17.4. The maximum atomic E-state index is 5.91. The summed E-state index contributed by atoms with van der Waals surface area (Å²) in [5.74, 6) is 3.70. The number of hydrogen-bond donors (Lipinski definition) is 1. The first-order valence-corrected chi connectivity index (χ1v) is 10.3. The fraction of sp³-hybridized carbons (Fsp3) is 0.0800. The number of anilines is 2. The molecule has 3 heterocycles. The molecule has 0 saturated carbocycles. The van der Waals surface area contributed by atoms with Gasteiger partial charge in [0.05, 0.1) is 29.5 Å². The van der Waals surface area contributed by atoms with Crippen molar-refractivity contribution in [2.45, 2.75) is 13.2 Å². The second-order valence-electron chi connectivity index (χ2n) is 7.26. The van der Waals surface area contributed by atoms with E-state index < -0.39 is 0 Å². The van der Waals surface area contributed by atoms with Crippen LogP contribution in [0.5, 0.6) is 5.75 Å². The predicted octanol–water partition coefficient (Wildman–Crippen LogP) is 3.97. The van der Waals surface area contributed by atoms with E-state index in [9.17, 15) is 0 Å². The van der Waals surface area contributed by atoms with Gasteiger partial charge in [0.25, 0.3) is 0 Å². The van der Waals surface area contributed by atoms with Gasteiger partial charge in [-0.2, -0.15) is 5.10 Å². The molecule has 0 bridgehead atoms. The second kappa shape index (κ2) is 9.16. The molecule has 0 atom stereocenters. The van der Waals surface area contributed by atoms with Gasteiger partial charge in [0.2, 0.25) is 5.95 Å². The number of benzene rings is 2. The minimum Gasteiger partial charge on any atom is -0.486 e. The van der Waals surface area contributed by atoms with Crippen LogP contribution in [0.1, 0.15) is 16.8 Å². The van der Waals surface area contributed by atoms with Crippen LogP contribution in [0.3, 0.4) is 0 Å². The molecule has 0 amide bonds. The molecule has 0 aliphatic rings. The van der Waals surface area contributed by atoms with E-state index in [2.05, 4.69) is 42.3 Å². The normalized spacial score (nSPS) is 10.6. The van der Waals surface area contributed by atoms with E-state index in [-0.39, 0.29) is 6.61 Å². The Morgan fingerprint density at radius 2 is 2.00 bits per heavy atom. The van der Waals surface area contributed by atoms with Gasteiger partial charge in [-0.05, 0) is 29.8 Å². The molecule has 5 aromatic rings. The Morgan fingerprint density at radius 1 is 1.03 bits per heavy atom. The summed E-state index contributed by atoms with van der Waals surface area (Å²) < 4.78 is 7.78. The molecular formula is C25H19N7O. The molecule has 1 N–H and O–H groups in total. The van der Waals surface area contributed by atoms with Crippen LogP contribution in [0, 0.1) is 12.3 Å². The molecular weight excluding hydrogens is 414 g/mol. The minimum atomic E-state index is 0.257. The van der Waals surface area contributed by atoms with Crippen molar-refractivity contribution in [1.82, 2.24) is 29.7 Å². The average molecular weight is 433 g/mol. The Balaban J connectivity index is 1.38. The van der Waals surface area contributed by atoms with Crippen molar-refractivity contribution >= 4 is 22.5 Å². The van der Waals surface area contributed by atoms with E-state index in [4.69, 9.17) is 11.2 Å². The largest absolute Gasteiger partial charge is 0.486 e. The molecule has 0 radical (unpaired) electrons. The smallest absolute Gasteiger partial charge is 0.227 e. The zero-order chi connectivity index (χ0) is 22.5. The van der Waals surface area contributed by atoms with E-state index in [0.717, 1.165) is 16.6 Å². The van der Waals surface area contributed by atoms with Crippen LogP contribution >= 0.6 is 0 Å². The molecule has 0 aliphatic heterocycles. The first-order chi connectivity index (χ1) is 16.3. The van der Waals surface area contributed by atoms with Gasteiger partial charge in [-0.3, -0.25) is 14.6 Å². The van der Waals surface area contributed by atoms with E-state index in [0.29, 0.717) is 35.0 Å². The van der Waals surface area contributed by atoms with Gasteiger partial charge in [0.1, 0.15) is 12.4 Å². The van der Waals surface area contributed by atoms with E-state index >= 15 is 0 Å². The summed E-state index contributed by atoms with van der Waals surface area (Å²) in [6.07, 6.45) is 16.0. The fourth-order valence-corrected chi connectivity index (χ4v) is 3.37. The SMILES string of the molecule is C#Cc1cc2cnc(Nc3cccc(Cn4cccn4)c3)nc2cc1OCc1cnccn1. The van der Waals surface area contributed by atoms with E-state index in [1.165, 1.54) is 0 Å². The average Bonchev–Trinajstić information content (AvgIpc) is 3.36. The summed E-state index contributed by atoms with van der Waals surface area (Å²) in [6, 6.07) is 13.6. The molecule has 33 heavy (non-hydrogen) atoms. The lowest BCUT2D eigenvalue weighted by molar-refractivity contribution is 0.300. The first kappa shape index (κ1) is 20.2. The van der Waals surface area contributed by atoms with Crippen molar-refractivity contribution in [3.8, 4) is 18.1 Å². The summed E-state index contributed by atoms with van der Waals surface area (Å²) in [5.41, 5.74) is 4.05. The Bertz CT molecular complexity index is 1430. The third kappa shape index (κ3) is 4.78. The number of nitrogens with zero attached hydrogens (tertiary/aromatic N) is 6. The van der Waals surface area contributed by atoms with Crippen molar-refractivity contribution in [2.24, 2.45) is 0 Å². The topological polar surface area (TPSA) is 90.6 Å². The highest BCUT2D eigenvalue weighted by Crippen LogP contribution is 2.26. The Labute approximate surface area is 190 Å². The first-order valence-electron chi connectivity index (χ1n) is 10.3. The molecule has 8 heteroatoms. The summed E-state index contributed by atoms with van der Waals surface area (Å²) in [6.45, 7) is 0.940. The van der Waals surface area contributed by atoms with Gasteiger partial charge in [-0.15, -0.1) is 6.42 Å². The number of hydrogen-bond acceptors (Lipinski definition) is 7. The molecule has 160 valence electrons. The number of aromatic nitrogens is 6. The lowest BCUT2D eigenvalue weighted by atomic mass is 10.1. The molecule has 0 fully saturated rings. The van der Waals surface area contributed by atoms with Crippen molar-refractivity contribution < 1.29 is 4.74 Å². The maximum Gasteiger partial charge on any atom is 0.227 e. The molecule has 5 rings (SSSR count). The maximum absolute atomic E-state index is 5.91. The highest BCUT2D eigenvalue weighted by molar-refractivity contribution is 5.83. The molecule has 2 aromatic carbocycles. The molecule has 8 nitrogen and oxygen atoms in total. The third-order valence-electron chi connectivity index (χ3n) is 4.92. The highest BCUT2D eigenvalue weighted by atomic mass is 16.5. The molecule has 3 aromatic heterocycles. The van der Waals surface area contributed by atoms with Crippen molar-refractivity contribution in [1.29, 1.82) is 0 Å². The van der Waals surface area contributed by atoms with Crippen LogP contribution in [0.25, 0.3) is 10.9 Å². The molecule has 0 unspecified atom stereocenters. The number of ether oxygens (including phenoxy) is 1. The van der Waals surface area contributed by atoms with Crippen LogP contribution in [0.4, 0.5) is 11.6 Å². The van der Waals surface area contributed by atoms with Crippen LogP contribution in [0.2, 0.25) is 0 Å². The number of nitrogens with one attached hydrogen (secondary N) is 1. The molecule has 0 saturated heterocycles. The zero-order valence-corrected chi connectivity index (χ0v) is 17.6. The van der Waals surface area contributed by atoms with Gasteiger partial charge in [-0.1, -0.05) is 18.1 Å². The highest BCUT2D eigenvalue weighted by Gasteiger charge is 2.09. The van der Waals surface area contributed by atoms with Crippen LogP contribution in [-0.2, 0) is 13.2 Å². The Morgan fingerprint density at radius 3 is 2.82 bits per heavy atom. The second-order valence-corrected chi connectivity index (χ2v) is 7.26. The molecule has 0 spiro atoms.